The van der Waals surface area contributed by atoms with Crippen LogP contribution in [0.15, 0.2) is 6.20 Å². The highest BCUT2D eigenvalue weighted by atomic mass is 16.1. The highest BCUT2D eigenvalue weighted by Crippen LogP contribution is 2.21. The van der Waals surface area contributed by atoms with Gasteiger partial charge in [0.15, 0.2) is 0 Å². The minimum Gasteiger partial charge on any atom is -0.369 e. The van der Waals surface area contributed by atoms with Crippen molar-refractivity contribution in [1.82, 2.24) is 15.1 Å². The fraction of sp³-hybridized carbons (Fsp3) is 0.500. The number of aryl methyl sites for hydroxylation is 1. The summed E-state index contributed by atoms with van der Waals surface area (Å²) in [7, 11) is 1.84. The standard InChI is InChI=1S/C8H12N4O/c1-12-4-5-2-10-3-6(8(9)13)7(5)11-12/h4,6,10H,2-3H2,1H3,(H2,9,13). The van der Waals surface area contributed by atoms with E-state index >= 15 is 0 Å². The summed E-state index contributed by atoms with van der Waals surface area (Å²) in [4.78, 5) is 11.1. The number of hydrogen-bond donors (Lipinski definition) is 2. The molecule has 13 heavy (non-hydrogen) atoms. The molecule has 1 atom stereocenters. The molecule has 0 radical (unpaired) electrons. The van der Waals surface area contributed by atoms with Crippen LogP contribution in [0.25, 0.3) is 0 Å². The predicted octanol–water partition coefficient (Wildman–Crippen LogP) is -0.908. The number of amides is 1. The Hall–Kier alpha value is -1.36. The number of rotatable bonds is 1. The fourth-order valence-corrected chi connectivity index (χ4v) is 1.67. The number of carbonyl (C=O) groups excluding carboxylic acids is 1. The summed E-state index contributed by atoms with van der Waals surface area (Å²) in [6, 6.07) is 0. The fourth-order valence-electron chi connectivity index (χ4n) is 1.67. The zero-order valence-corrected chi connectivity index (χ0v) is 7.45. The molecule has 5 nitrogen and oxygen atoms in total. The van der Waals surface area contributed by atoms with Crippen molar-refractivity contribution >= 4 is 5.91 Å². The van der Waals surface area contributed by atoms with Gasteiger partial charge in [0.25, 0.3) is 0 Å². The predicted molar refractivity (Wildman–Crippen MR) is 46.9 cm³/mol. The van der Waals surface area contributed by atoms with Gasteiger partial charge in [-0.2, -0.15) is 5.10 Å². The van der Waals surface area contributed by atoms with E-state index in [2.05, 4.69) is 10.4 Å². The molecule has 1 aromatic rings. The summed E-state index contributed by atoms with van der Waals surface area (Å²) >= 11 is 0. The van der Waals surface area contributed by atoms with E-state index < -0.39 is 0 Å². The number of hydrogen-bond acceptors (Lipinski definition) is 3. The normalized spacial score (nSPS) is 21.2. The van der Waals surface area contributed by atoms with E-state index in [-0.39, 0.29) is 11.8 Å². The maximum atomic E-state index is 11.1. The number of aromatic nitrogens is 2. The van der Waals surface area contributed by atoms with Gasteiger partial charge in [0.1, 0.15) is 0 Å². The second kappa shape index (κ2) is 2.85. The number of primary amides is 1. The average Bonchev–Trinajstić information content (AvgIpc) is 2.43. The summed E-state index contributed by atoms with van der Waals surface area (Å²) in [5, 5.41) is 7.36. The lowest BCUT2D eigenvalue weighted by atomic mass is 9.98. The molecule has 70 valence electrons. The number of nitrogens with two attached hydrogens (primary N) is 1. The molecule has 5 heteroatoms. The highest BCUT2D eigenvalue weighted by molar-refractivity contribution is 5.82. The molecule has 1 aliphatic rings. The van der Waals surface area contributed by atoms with E-state index in [0.717, 1.165) is 17.8 Å². The second-order valence-electron chi connectivity index (χ2n) is 3.30. The molecular formula is C8H12N4O. The first-order valence-corrected chi connectivity index (χ1v) is 4.21. The smallest absolute Gasteiger partial charge is 0.227 e. The summed E-state index contributed by atoms with van der Waals surface area (Å²) in [5.74, 6) is -0.586. The van der Waals surface area contributed by atoms with E-state index in [1.54, 1.807) is 4.68 Å². The molecule has 0 saturated heterocycles. The molecule has 0 fully saturated rings. The summed E-state index contributed by atoms with van der Waals surface area (Å²) < 4.78 is 1.72. The maximum absolute atomic E-state index is 11.1. The number of nitrogens with zero attached hydrogens (tertiary/aromatic N) is 2. The minimum atomic E-state index is -0.313. The highest BCUT2D eigenvalue weighted by Gasteiger charge is 2.27. The lowest BCUT2D eigenvalue weighted by Crippen LogP contribution is -2.35. The Balaban J connectivity index is 2.41. The van der Waals surface area contributed by atoms with Gasteiger partial charge in [-0.25, -0.2) is 0 Å². The van der Waals surface area contributed by atoms with Gasteiger partial charge in [0, 0.05) is 31.9 Å². The Labute approximate surface area is 75.9 Å². The summed E-state index contributed by atoms with van der Waals surface area (Å²) in [6.07, 6.45) is 1.91. The van der Waals surface area contributed by atoms with Crippen LogP contribution in [0, 0.1) is 0 Å². The molecule has 1 aliphatic heterocycles. The quantitative estimate of drug-likeness (QED) is 0.587. The van der Waals surface area contributed by atoms with Crippen LogP contribution in [0.4, 0.5) is 0 Å². The molecular weight excluding hydrogens is 168 g/mol. The van der Waals surface area contributed by atoms with E-state index in [0.29, 0.717) is 6.54 Å². The molecule has 2 heterocycles. The van der Waals surface area contributed by atoms with Crippen molar-refractivity contribution < 1.29 is 4.79 Å². The first kappa shape index (κ1) is 8.25. The number of fused-ring (bicyclic) bond motifs is 1. The Morgan fingerprint density at radius 2 is 2.62 bits per heavy atom. The van der Waals surface area contributed by atoms with Gasteiger partial charge in [-0.05, 0) is 0 Å². The van der Waals surface area contributed by atoms with Gasteiger partial charge in [0.05, 0.1) is 11.6 Å². The third kappa shape index (κ3) is 1.31. The van der Waals surface area contributed by atoms with Crippen LogP contribution >= 0.6 is 0 Å². The molecule has 3 N–H and O–H groups in total. The van der Waals surface area contributed by atoms with Crippen molar-refractivity contribution in [3.05, 3.63) is 17.5 Å². The van der Waals surface area contributed by atoms with Crippen molar-refractivity contribution in [2.45, 2.75) is 12.5 Å². The lowest BCUT2D eigenvalue weighted by Gasteiger charge is -2.18. The third-order valence-corrected chi connectivity index (χ3v) is 2.27. The van der Waals surface area contributed by atoms with Crippen molar-refractivity contribution in [2.24, 2.45) is 12.8 Å². The SMILES string of the molecule is Cn1cc2c(n1)C(C(N)=O)CNC2. The van der Waals surface area contributed by atoms with Gasteiger partial charge < -0.3 is 11.1 Å². The van der Waals surface area contributed by atoms with Crippen molar-refractivity contribution in [3.63, 3.8) is 0 Å². The lowest BCUT2D eigenvalue weighted by molar-refractivity contribution is -0.119. The molecule has 0 spiro atoms. The third-order valence-electron chi connectivity index (χ3n) is 2.27. The van der Waals surface area contributed by atoms with Crippen LogP contribution in [-0.2, 0) is 18.4 Å². The average molecular weight is 180 g/mol. The summed E-state index contributed by atoms with van der Waals surface area (Å²) in [6.45, 7) is 1.37. The number of nitrogens with one attached hydrogen (secondary N) is 1. The monoisotopic (exact) mass is 180 g/mol. The van der Waals surface area contributed by atoms with Crippen LogP contribution in [0.1, 0.15) is 17.2 Å². The van der Waals surface area contributed by atoms with E-state index in [9.17, 15) is 4.79 Å². The number of carbonyl (C=O) groups is 1. The van der Waals surface area contributed by atoms with E-state index in [4.69, 9.17) is 5.73 Å². The molecule has 0 saturated carbocycles. The second-order valence-corrected chi connectivity index (χ2v) is 3.30. The molecule has 2 rings (SSSR count). The van der Waals surface area contributed by atoms with E-state index in [1.165, 1.54) is 0 Å². The molecule has 1 unspecified atom stereocenters. The van der Waals surface area contributed by atoms with Crippen LogP contribution in [0.3, 0.4) is 0 Å². The largest absolute Gasteiger partial charge is 0.369 e. The maximum Gasteiger partial charge on any atom is 0.227 e. The van der Waals surface area contributed by atoms with Crippen LogP contribution in [0.2, 0.25) is 0 Å². The van der Waals surface area contributed by atoms with Crippen LogP contribution in [0.5, 0.6) is 0 Å². The Kier molecular flexibility index (Phi) is 1.81. The van der Waals surface area contributed by atoms with Crippen molar-refractivity contribution in [1.29, 1.82) is 0 Å². The zero-order valence-electron chi connectivity index (χ0n) is 7.45. The van der Waals surface area contributed by atoms with Gasteiger partial charge in [-0.1, -0.05) is 0 Å². The summed E-state index contributed by atoms with van der Waals surface area (Å²) in [5.41, 5.74) is 7.16. The minimum absolute atomic E-state index is 0.273. The first-order chi connectivity index (χ1) is 6.18. The molecule has 0 aromatic carbocycles. The molecule has 0 aliphatic carbocycles. The topological polar surface area (TPSA) is 72.9 Å². The van der Waals surface area contributed by atoms with Crippen molar-refractivity contribution in [2.75, 3.05) is 6.54 Å². The van der Waals surface area contributed by atoms with Gasteiger partial charge >= 0.3 is 0 Å². The van der Waals surface area contributed by atoms with Gasteiger partial charge in [0.2, 0.25) is 5.91 Å². The van der Waals surface area contributed by atoms with Crippen molar-refractivity contribution in [3.8, 4) is 0 Å². The van der Waals surface area contributed by atoms with Crippen LogP contribution < -0.4 is 11.1 Å². The molecule has 1 aromatic heterocycles. The first-order valence-electron chi connectivity index (χ1n) is 4.21. The Bertz CT molecular complexity index is 344. The van der Waals surface area contributed by atoms with Gasteiger partial charge in [-0.15, -0.1) is 0 Å². The Morgan fingerprint density at radius 3 is 3.31 bits per heavy atom. The molecule has 0 bridgehead atoms. The van der Waals surface area contributed by atoms with Gasteiger partial charge in [-0.3, -0.25) is 9.48 Å². The molecule has 1 amide bonds. The Morgan fingerprint density at radius 1 is 1.85 bits per heavy atom. The van der Waals surface area contributed by atoms with E-state index in [1.807, 2.05) is 13.2 Å². The zero-order chi connectivity index (χ0) is 9.42. The van der Waals surface area contributed by atoms with Crippen LogP contribution in [-0.4, -0.2) is 22.2 Å².